The Kier molecular flexibility index (Phi) is 15.4. The van der Waals surface area contributed by atoms with Crippen LogP contribution in [0.5, 0.6) is 23.0 Å². The van der Waals surface area contributed by atoms with Crippen LogP contribution in [0.1, 0.15) is 74.4 Å². The first-order valence-electron chi connectivity index (χ1n) is 22.0. The van der Waals surface area contributed by atoms with Crippen LogP contribution in [0.3, 0.4) is 0 Å². The first kappa shape index (κ1) is 48.5. The number of halogens is 2. The maximum absolute atomic E-state index is 14.0. The van der Waals surface area contributed by atoms with Gasteiger partial charge in [0.15, 0.2) is 17.1 Å². The number of aromatic nitrogens is 4. The summed E-state index contributed by atoms with van der Waals surface area (Å²) in [6.07, 6.45) is 4.50. The number of carbonyl (C=O) groups excluding carboxylic acids is 2. The number of pyridine rings is 4. The van der Waals surface area contributed by atoms with Crippen LogP contribution in [-0.2, 0) is 44.9 Å². The molecule has 69 heavy (non-hydrogen) atoms. The molecule has 3 N–H and O–H groups in total. The van der Waals surface area contributed by atoms with Crippen molar-refractivity contribution in [1.29, 1.82) is 0 Å². The van der Waals surface area contributed by atoms with E-state index in [1.165, 1.54) is 53.7 Å². The number of nitrogens with zero attached hydrogens (tertiary/aromatic N) is 4. The van der Waals surface area contributed by atoms with Gasteiger partial charge in [-0.15, -0.1) is 0 Å². The van der Waals surface area contributed by atoms with Crippen LogP contribution in [0.25, 0.3) is 22.1 Å². The Hall–Kier alpha value is -8.40. The fourth-order valence-corrected chi connectivity index (χ4v) is 7.50. The number of rotatable bonds is 15. The predicted octanol–water partition coefficient (Wildman–Crippen LogP) is 8.21. The van der Waals surface area contributed by atoms with Crippen LogP contribution in [-0.4, -0.2) is 54.3 Å². The van der Waals surface area contributed by atoms with Gasteiger partial charge in [0, 0.05) is 58.0 Å². The lowest BCUT2D eigenvalue weighted by Crippen LogP contribution is -2.33. The molecule has 14 nitrogen and oxygen atoms in total. The lowest BCUT2D eigenvalue weighted by atomic mass is 10.0. The second kappa shape index (κ2) is 21.9. The van der Waals surface area contributed by atoms with Gasteiger partial charge in [-0.05, 0) is 71.0 Å². The Balaban J connectivity index is 0.000000204. The summed E-state index contributed by atoms with van der Waals surface area (Å²) >= 11 is 0. The molecular formula is C53H49F2N5O9. The number of nitrogens with one attached hydrogen (secondary N) is 1. The van der Waals surface area contributed by atoms with Crippen molar-refractivity contribution < 1.29 is 42.8 Å². The zero-order valence-electron chi connectivity index (χ0n) is 38.3. The third-order valence-corrected chi connectivity index (χ3v) is 11.1. The summed E-state index contributed by atoms with van der Waals surface area (Å²) in [5, 5.41) is 23.8. The van der Waals surface area contributed by atoms with Gasteiger partial charge in [0.05, 0.1) is 17.6 Å². The van der Waals surface area contributed by atoms with Gasteiger partial charge in [0.1, 0.15) is 52.9 Å². The molecule has 0 fully saturated rings. The number of aromatic hydroxyl groups is 2. The summed E-state index contributed by atoms with van der Waals surface area (Å²) in [6, 6.07) is 31.2. The SMILES string of the molecule is CCCNC(=O)c1c(O)c2ncc(Cc3ccc(F)cc3OCc3ccccc3)cc2n(C)c1=O.CCOC(=O)c1c(O)c2ncc(Cc3ccc(F)cc3OCc3ccccc3)cc2n(C)c1=O. The largest absolute Gasteiger partial charge is 0.505 e. The van der Waals surface area contributed by atoms with E-state index in [1.54, 1.807) is 37.4 Å². The van der Waals surface area contributed by atoms with Crippen molar-refractivity contribution in [2.75, 3.05) is 13.2 Å². The summed E-state index contributed by atoms with van der Waals surface area (Å²) in [7, 11) is 3.02. The maximum Gasteiger partial charge on any atom is 0.347 e. The first-order chi connectivity index (χ1) is 33.3. The lowest BCUT2D eigenvalue weighted by Gasteiger charge is -2.14. The molecule has 0 saturated heterocycles. The van der Waals surface area contributed by atoms with Crippen molar-refractivity contribution in [2.24, 2.45) is 14.1 Å². The summed E-state index contributed by atoms with van der Waals surface area (Å²) in [6.45, 7) is 4.53. The van der Waals surface area contributed by atoms with E-state index in [4.69, 9.17) is 14.2 Å². The minimum Gasteiger partial charge on any atom is -0.505 e. The highest BCUT2D eigenvalue weighted by Gasteiger charge is 2.24. The molecule has 0 spiro atoms. The predicted molar refractivity (Wildman–Crippen MR) is 256 cm³/mol. The number of ether oxygens (including phenoxy) is 3. The molecule has 16 heteroatoms. The van der Waals surface area contributed by atoms with E-state index in [2.05, 4.69) is 15.3 Å². The van der Waals surface area contributed by atoms with E-state index in [-0.39, 0.29) is 29.8 Å². The van der Waals surface area contributed by atoms with Crippen LogP contribution in [0.4, 0.5) is 8.78 Å². The van der Waals surface area contributed by atoms with E-state index < -0.39 is 51.7 Å². The third kappa shape index (κ3) is 11.2. The van der Waals surface area contributed by atoms with Crippen molar-refractivity contribution in [3.8, 4) is 23.0 Å². The minimum atomic E-state index is -0.903. The average molecular weight is 938 g/mol. The number of aryl methyl sites for hydroxylation is 2. The Labute approximate surface area is 395 Å². The fraction of sp³-hybridized carbons (Fsp3) is 0.208. The molecule has 1 amide bonds. The molecule has 354 valence electrons. The number of esters is 1. The van der Waals surface area contributed by atoms with Gasteiger partial charge in [-0.1, -0.05) is 79.7 Å². The smallest absolute Gasteiger partial charge is 0.347 e. The molecule has 8 aromatic rings. The van der Waals surface area contributed by atoms with E-state index in [0.29, 0.717) is 60.5 Å². The van der Waals surface area contributed by atoms with Crippen LogP contribution < -0.4 is 25.9 Å². The minimum absolute atomic E-state index is 0.0676. The summed E-state index contributed by atoms with van der Waals surface area (Å²) in [5.74, 6) is -2.51. The highest BCUT2D eigenvalue weighted by Crippen LogP contribution is 2.30. The monoisotopic (exact) mass is 937 g/mol. The van der Waals surface area contributed by atoms with Crippen molar-refractivity contribution in [1.82, 2.24) is 24.4 Å². The van der Waals surface area contributed by atoms with Gasteiger partial charge in [0.25, 0.3) is 17.0 Å². The Morgan fingerprint density at radius 2 is 1.07 bits per heavy atom. The highest BCUT2D eigenvalue weighted by atomic mass is 19.1. The topological polar surface area (TPSA) is 184 Å². The molecule has 0 aliphatic carbocycles. The van der Waals surface area contributed by atoms with Crippen molar-refractivity contribution in [3.05, 3.63) is 198 Å². The van der Waals surface area contributed by atoms with Gasteiger partial charge in [0.2, 0.25) is 0 Å². The van der Waals surface area contributed by atoms with Crippen LogP contribution in [0.15, 0.2) is 131 Å². The van der Waals surface area contributed by atoms with E-state index in [9.17, 15) is 38.2 Å². The van der Waals surface area contributed by atoms with Crippen molar-refractivity contribution in [2.45, 2.75) is 46.3 Å². The zero-order chi connectivity index (χ0) is 49.2. The maximum atomic E-state index is 14.0. The Bertz CT molecular complexity index is 3290. The van der Waals surface area contributed by atoms with Gasteiger partial charge >= 0.3 is 5.97 Å². The number of carbonyl (C=O) groups is 2. The highest BCUT2D eigenvalue weighted by molar-refractivity contribution is 6.01. The van der Waals surface area contributed by atoms with E-state index >= 15 is 0 Å². The van der Waals surface area contributed by atoms with Crippen LogP contribution in [0, 0.1) is 11.6 Å². The molecule has 0 saturated carbocycles. The average Bonchev–Trinajstić information content (AvgIpc) is 3.35. The molecule has 0 atom stereocenters. The fourth-order valence-electron chi connectivity index (χ4n) is 7.50. The molecule has 8 rings (SSSR count). The molecule has 4 heterocycles. The van der Waals surface area contributed by atoms with Crippen LogP contribution in [0.2, 0.25) is 0 Å². The zero-order valence-corrected chi connectivity index (χ0v) is 38.3. The van der Waals surface area contributed by atoms with E-state index in [0.717, 1.165) is 27.8 Å². The molecule has 4 aromatic carbocycles. The molecule has 0 bridgehead atoms. The van der Waals surface area contributed by atoms with E-state index in [1.807, 2.05) is 67.6 Å². The first-order valence-corrected chi connectivity index (χ1v) is 22.0. The van der Waals surface area contributed by atoms with Crippen molar-refractivity contribution >= 4 is 33.9 Å². The number of hydrogen-bond donors (Lipinski definition) is 3. The van der Waals surface area contributed by atoms with Gasteiger partial charge < -0.3 is 38.9 Å². The summed E-state index contributed by atoms with van der Waals surface area (Å²) in [5.41, 5.74) is 3.73. The van der Waals surface area contributed by atoms with Gasteiger partial charge in [-0.3, -0.25) is 24.4 Å². The number of fused-ring (bicyclic) bond motifs is 2. The summed E-state index contributed by atoms with van der Waals surface area (Å²) < 4.78 is 47.1. The van der Waals surface area contributed by atoms with Gasteiger partial charge in [-0.2, -0.15) is 0 Å². The van der Waals surface area contributed by atoms with Crippen LogP contribution >= 0.6 is 0 Å². The Morgan fingerprint density at radius 3 is 1.52 bits per heavy atom. The second-order valence-corrected chi connectivity index (χ2v) is 16.0. The normalized spacial score (nSPS) is 10.9. The Morgan fingerprint density at radius 1 is 0.623 bits per heavy atom. The molecule has 0 aliphatic heterocycles. The third-order valence-electron chi connectivity index (χ3n) is 11.1. The number of benzene rings is 4. The van der Waals surface area contributed by atoms with Crippen molar-refractivity contribution in [3.63, 3.8) is 0 Å². The molecular weight excluding hydrogens is 889 g/mol. The lowest BCUT2D eigenvalue weighted by molar-refractivity contribution is 0.0520. The molecule has 0 radical (unpaired) electrons. The standard InChI is InChI=1S/C27H26FN3O4.C26H23FN2O5/c1-3-11-29-26(33)23-25(32)24-21(31(2)27(23)34)13-18(15-30-24)12-19-9-10-20(28)14-22(19)35-16-17-7-5-4-6-8-17;1-3-33-26(32)22-24(30)23-20(29(2)25(22)31)12-17(14-28-23)11-18-9-10-19(27)13-21(18)34-15-16-7-5-4-6-8-16/h4-10,13-15,32H,3,11-12,16H2,1-2H3,(H,29,33);4-10,12-14,30H,3,11,15H2,1-2H3. The summed E-state index contributed by atoms with van der Waals surface area (Å²) in [4.78, 5) is 58.8. The molecule has 0 aliphatic rings. The molecule has 4 aromatic heterocycles. The second-order valence-electron chi connectivity index (χ2n) is 16.0. The quantitative estimate of drug-likeness (QED) is 0.0842. The molecule has 0 unspecified atom stereocenters. The van der Waals surface area contributed by atoms with Gasteiger partial charge in [-0.25, -0.2) is 13.6 Å². The number of amides is 1. The number of hydrogen-bond acceptors (Lipinski definition) is 11.